The third kappa shape index (κ3) is 5.85. The maximum Gasteiger partial charge on any atom is 0.266 e. The summed E-state index contributed by atoms with van der Waals surface area (Å²) in [7, 11) is 1.52. The number of thiocarbonyl (C=S) groups is 1. The van der Waals surface area contributed by atoms with Crippen molar-refractivity contribution in [2.75, 3.05) is 25.6 Å². The maximum absolute atomic E-state index is 12.5. The Morgan fingerprint density at radius 3 is 2.70 bits per heavy atom. The van der Waals surface area contributed by atoms with Crippen LogP contribution in [0.5, 0.6) is 11.5 Å². The molecule has 3 rings (SSSR count). The zero-order chi connectivity index (χ0) is 24.1. The van der Waals surface area contributed by atoms with Crippen molar-refractivity contribution in [1.29, 1.82) is 0 Å². The zero-order valence-electron chi connectivity index (χ0n) is 18.4. The molecule has 0 unspecified atom stereocenters. The number of ether oxygens (including phenoxy) is 2. The summed E-state index contributed by atoms with van der Waals surface area (Å²) in [5, 5.41) is 2.87. The summed E-state index contributed by atoms with van der Waals surface area (Å²) in [6, 6.07) is 8.98. The largest absolute Gasteiger partial charge is 0.493 e. The molecule has 2 amide bonds. The Kier molecular flexibility index (Phi) is 8.34. The topological polar surface area (TPSA) is 67.9 Å². The number of amides is 2. The molecule has 1 saturated heterocycles. The second kappa shape index (κ2) is 11.0. The quantitative estimate of drug-likeness (QED) is 0.268. The molecule has 0 aromatic heterocycles. The monoisotopic (exact) mass is 546 g/mol. The lowest BCUT2D eigenvalue weighted by atomic mass is 10.1. The molecule has 6 nitrogen and oxygen atoms in total. The first-order valence-electron chi connectivity index (χ1n) is 9.97. The van der Waals surface area contributed by atoms with Gasteiger partial charge in [0.1, 0.15) is 4.32 Å². The van der Waals surface area contributed by atoms with Gasteiger partial charge in [-0.2, -0.15) is 0 Å². The predicted octanol–water partition coefficient (Wildman–Crippen LogP) is 5.48. The highest BCUT2D eigenvalue weighted by Gasteiger charge is 2.31. The van der Waals surface area contributed by atoms with Gasteiger partial charge < -0.3 is 14.8 Å². The number of methoxy groups -OCH3 is 1. The summed E-state index contributed by atoms with van der Waals surface area (Å²) < 4.78 is 12.6. The molecule has 1 fully saturated rings. The van der Waals surface area contributed by atoms with Crippen LogP contribution in [0.15, 0.2) is 52.4 Å². The molecule has 2 aromatic carbocycles. The summed E-state index contributed by atoms with van der Waals surface area (Å²) in [5.41, 5.74) is 3.54. The Hall–Kier alpha value is -2.62. The predicted molar refractivity (Wildman–Crippen MR) is 141 cm³/mol. The molecule has 2 aromatic rings. The fraction of sp³-hybridized carbons (Fsp3) is 0.208. The van der Waals surface area contributed by atoms with E-state index in [0.717, 1.165) is 26.9 Å². The van der Waals surface area contributed by atoms with Crippen molar-refractivity contribution in [3.8, 4) is 11.5 Å². The molecule has 1 aliphatic heterocycles. The molecule has 0 bridgehead atoms. The van der Waals surface area contributed by atoms with Crippen molar-refractivity contribution in [3.63, 3.8) is 0 Å². The minimum Gasteiger partial charge on any atom is -0.493 e. The molecule has 1 N–H and O–H groups in total. The van der Waals surface area contributed by atoms with Crippen LogP contribution in [0.4, 0.5) is 5.69 Å². The molecule has 172 valence electrons. The van der Waals surface area contributed by atoms with E-state index >= 15 is 0 Å². The molecule has 1 heterocycles. The Balaban J connectivity index is 1.69. The van der Waals surface area contributed by atoms with Gasteiger partial charge in [0.05, 0.1) is 12.0 Å². The van der Waals surface area contributed by atoms with E-state index in [-0.39, 0.29) is 18.4 Å². The minimum atomic E-state index is -0.281. The van der Waals surface area contributed by atoms with Crippen LogP contribution in [0.2, 0.25) is 0 Å². The second-order valence-corrected chi connectivity index (χ2v) is 9.70. The summed E-state index contributed by atoms with van der Waals surface area (Å²) in [6.07, 6.45) is 3.39. The van der Waals surface area contributed by atoms with Gasteiger partial charge in [-0.15, -0.1) is 6.58 Å². The number of thioether (sulfide) groups is 1. The van der Waals surface area contributed by atoms with Gasteiger partial charge in [-0.25, -0.2) is 0 Å². The van der Waals surface area contributed by atoms with E-state index in [1.54, 1.807) is 30.4 Å². The molecule has 33 heavy (non-hydrogen) atoms. The standard InChI is InChI=1S/C24H23BrN2O4S2/c1-5-10-27-23(29)21(33-24(27)32)12-16-6-9-19(20(11-16)30-4)31-13-22(28)26-18-8-7-17(25)14(2)15(18)3/h5-9,11-12H,1,10,13H2,2-4H3,(H,26,28). The van der Waals surface area contributed by atoms with Crippen LogP contribution in [0.25, 0.3) is 6.08 Å². The van der Waals surface area contributed by atoms with E-state index in [0.29, 0.717) is 27.3 Å². The smallest absolute Gasteiger partial charge is 0.266 e. The Labute approximate surface area is 211 Å². The normalized spacial score (nSPS) is 14.5. The number of rotatable bonds is 8. The highest BCUT2D eigenvalue weighted by molar-refractivity contribution is 9.10. The Morgan fingerprint density at radius 1 is 1.24 bits per heavy atom. The van der Waals surface area contributed by atoms with Gasteiger partial charge in [-0.05, 0) is 60.9 Å². The first-order valence-corrected chi connectivity index (χ1v) is 12.0. The number of benzene rings is 2. The number of hydrogen-bond donors (Lipinski definition) is 1. The number of carbonyl (C=O) groups excluding carboxylic acids is 2. The molecule has 9 heteroatoms. The zero-order valence-corrected chi connectivity index (χ0v) is 21.7. The number of nitrogens with zero attached hydrogens (tertiary/aromatic N) is 1. The summed E-state index contributed by atoms with van der Waals surface area (Å²) in [6.45, 7) is 7.78. The van der Waals surface area contributed by atoms with E-state index < -0.39 is 0 Å². The Morgan fingerprint density at radius 2 is 2.00 bits per heavy atom. The number of halogens is 1. The lowest BCUT2D eigenvalue weighted by Crippen LogP contribution is -2.27. The van der Waals surface area contributed by atoms with E-state index in [9.17, 15) is 9.59 Å². The summed E-state index contributed by atoms with van der Waals surface area (Å²) in [4.78, 5) is 27.0. The first-order chi connectivity index (χ1) is 15.7. The van der Waals surface area contributed by atoms with Crippen LogP contribution in [-0.4, -0.2) is 41.3 Å². The van der Waals surface area contributed by atoms with Crippen LogP contribution in [0, 0.1) is 13.8 Å². The fourth-order valence-corrected chi connectivity index (χ4v) is 4.79. The van der Waals surface area contributed by atoms with Crippen molar-refractivity contribution in [2.45, 2.75) is 13.8 Å². The van der Waals surface area contributed by atoms with Crippen LogP contribution < -0.4 is 14.8 Å². The molecule has 0 spiro atoms. The maximum atomic E-state index is 12.5. The lowest BCUT2D eigenvalue weighted by molar-refractivity contribution is -0.121. The van der Waals surface area contributed by atoms with Crippen molar-refractivity contribution < 1.29 is 19.1 Å². The first kappa shape index (κ1) is 25.0. The van der Waals surface area contributed by atoms with Crippen LogP contribution in [0.3, 0.4) is 0 Å². The van der Waals surface area contributed by atoms with E-state index in [1.807, 2.05) is 26.0 Å². The second-order valence-electron chi connectivity index (χ2n) is 7.17. The number of nitrogens with one attached hydrogen (secondary N) is 1. The molecule has 0 radical (unpaired) electrons. The average molecular weight is 547 g/mol. The minimum absolute atomic E-state index is 0.153. The van der Waals surface area contributed by atoms with Crippen molar-refractivity contribution in [3.05, 3.63) is 69.1 Å². The summed E-state index contributed by atoms with van der Waals surface area (Å²) >= 11 is 10.00. The van der Waals surface area contributed by atoms with Crippen molar-refractivity contribution in [1.82, 2.24) is 4.90 Å². The molecule has 1 aliphatic rings. The SMILES string of the molecule is C=CCN1C(=O)C(=Cc2ccc(OCC(=O)Nc3ccc(Br)c(C)c3C)c(OC)c2)SC1=S. The third-order valence-corrected chi connectivity index (χ3v) is 7.26. The van der Waals surface area contributed by atoms with Crippen molar-refractivity contribution >= 4 is 67.8 Å². The van der Waals surface area contributed by atoms with Gasteiger partial charge in [-0.1, -0.05) is 52.1 Å². The van der Waals surface area contributed by atoms with E-state index in [4.69, 9.17) is 21.7 Å². The van der Waals surface area contributed by atoms with Gasteiger partial charge in [0.25, 0.3) is 11.8 Å². The Bertz CT molecular complexity index is 1160. The average Bonchev–Trinajstić information content (AvgIpc) is 3.06. The number of hydrogen-bond acceptors (Lipinski definition) is 6. The van der Waals surface area contributed by atoms with Gasteiger partial charge >= 0.3 is 0 Å². The van der Waals surface area contributed by atoms with Gasteiger partial charge in [0.15, 0.2) is 18.1 Å². The van der Waals surface area contributed by atoms with Gasteiger partial charge in [0, 0.05) is 16.7 Å². The number of carbonyl (C=O) groups is 2. The van der Waals surface area contributed by atoms with Crippen molar-refractivity contribution in [2.24, 2.45) is 0 Å². The van der Waals surface area contributed by atoms with Crippen LogP contribution in [0.1, 0.15) is 16.7 Å². The van der Waals surface area contributed by atoms with Gasteiger partial charge in [0.2, 0.25) is 0 Å². The molecule has 0 saturated carbocycles. The van der Waals surface area contributed by atoms with Crippen LogP contribution in [-0.2, 0) is 9.59 Å². The summed E-state index contributed by atoms with van der Waals surface area (Å²) in [5.74, 6) is 0.442. The third-order valence-electron chi connectivity index (χ3n) is 5.02. The fourth-order valence-electron chi connectivity index (χ4n) is 3.08. The number of anilines is 1. The highest BCUT2D eigenvalue weighted by Crippen LogP contribution is 2.34. The molecular weight excluding hydrogens is 524 g/mol. The highest BCUT2D eigenvalue weighted by atomic mass is 79.9. The molecular formula is C24H23BrN2O4S2. The lowest BCUT2D eigenvalue weighted by Gasteiger charge is -2.14. The van der Waals surface area contributed by atoms with Crippen LogP contribution >= 0.6 is 39.9 Å². The molecule has 0 atom stereocenters. The van der Waals surface area contributed by atoms with E-state index in [2.05, 4.69) is 27.8 Å². The molecule has 0 aliphatic carbocycles. The van der Waals surface area contributed by atoms with E-state index in [1.165, 1.54) is 23.8 Å². The van der Waals surface area contributed by atoms with Gasteiger partial charge in [-0.3, -0.25) is 14.5 Å².